The van der Waals surface area contributed by atoms with Crippen LogP contribution >= 0.6 is 11.6 Å². The van der Waals surface area contributed by atoms with Crippen LogP contribution in [0.15, 0.2) is 66.9 Å². The van der Waals surface area contributed by atoms with Crippen molar-refractivity contribution >= 4 is 28.3 Å². The zero-order valence-electron chi connectivity index (χ0n) is 16.8. The zero-order valence-corrected chi connectivity index (χ0v) is 17.5. The number of hydrogen-bond acceptors (Lipinski definition) is 4. The van der Waals surface area contributed by atoms with Crippen molar-refractivity contribution in [3.8, 4) is 11.1 Å². The van der Waals surface area contributed by atoms with Gasteiger partial charge in [0.05, 0.1) is 23.1 Å². The highest BCUT2D eigenvalue weighted by molar-refractivity contribution is 6.29. The van der Waals surface area contributed by atoms with E-state index in [0.29, 0.717) is 12.4 Å². The molecule has 0 radical (unpaired) electrons. The molecular weight excluding hydrogens is 380 g/mol. The highest BCUT2D eigenvalue weighted by Gasteiger charge is 2.15. The summed E-state index contributed by atoms with van der Waals surface area (Å²) in [4.78, 5) is 13.3. The molecule has 29 heavy (non-hydrogen) atoms. The third-order valence-electron chi connectivity index (χ3n) is 4.92. The van der Waals surface area contributed by atoms with E-state index >= 15 is 0 Å². The molecule has 4 nitrogen and oxygen atoms in total. The first kappa shape index (κ1) is 19.3. The van der Waals surface area contributed by atoms with E-state index in [-0.39, 0.29) is 10.7 Å². The topological polar surface area (TPSA) is 50.7 Å². The molecule has 0 fully saturated rings. The quantitative estimate of drug-likeness (QED) is 0.409. The summed E-state index contributed by atoms with van der Waals surface area (Å²) >= 11 is 6.20. The molecule has 0 saturated carbocycles. The molecule has 0 aliphatic rings. The molecule has 1 N–H and O–H groups in total. The Bertz CT molecular complexity index is 1130. The van der Waals surface area contributed by atoms with Crippen molar-refractivity contribution in [2.75, 3.05) is 5.32 Å². The molecular formula is C24H23ClN4. The molecule has 0 bridgehead atoms. The number of rotatable bonds is 4. The van der Waals surface area contributed by atoms with E-state index in [4.69, 9.17) is 11.6 Å². The van der Waals surface area contributed by atoms with E-state index in [1.807, 2.05) is 30.3 Å². The molecule has 0 aliphatic heterocycles. The van der Waals surface area contributed by atoms with E-state index in [0.717, 1.165) is 27.7 Å². The van der Waals surface area contributed by atoms with Gasteiger partial charge in [0.2, 0.25) is 5.28 Å². The number of benzene rings is 2. The van der Waals surface area contributed by atoms with Crippen LogP contribution in [0.2, 0.25) is 5.28 Å². The number of pyridine rings is 1. The van der Waals surface area contributed by atoms with Gasteiger partial charge in [-0.05, 0) is 51.9 Å². The van der Waals surface area contributed by atoms with E-state index in [1.165, 1.54) is 5.56 Å². The lowest BCUT2D eigenvalue weighted by atomic mass is 9.86. The van der Waals surface area contributed by atoms with Crippen molar-refractivity contribution < 1.29 is 0 Å². The number of hydrogen-bond donors (Lipinski definition) is 1. The Kier molecular flexibility index (Phi) is 5.20. The van der Waals surface area contributed by atoms with Crippen LogP contribution in [0.3, 0.4) is 0 Å². The van der Waals surface area contributed by atoms with Gasteiger partial charge in [0, 0.05) is 6.20 Å². The van der Waals surface area contributed by atoms with Crippen LogP contribution in [-0.4, -0.2) is 15.0 Å². The zero-order chi connectivity index (χ0) is 20.4. The Labute approximate surface area is 176 Å². The van der Waals surface area contributed by atoms with Crippen LogP contribution in [0, 0.1) is 0 Å². The molecule has 2 aromatic heterocycles. The van der Waals surface area contributed by atoms with Crippen molar-refractivity contribution in [2.45, 2.75) is 32.7 Å². The highest BCUT2D eigenvalue weighted by atomic mass is 35.5. The Hall–Kier alpha value is -2.98. The fourth-order valence-corrected chi connectivity index (χ4v) is 3.53. The molecule has 146 valence electrons. The van der Waals surface area contributed by atoms with Gasteiger partial charge in [-0.2, -0.15) is 0 Å². The van der Waals surface area contributed by atoms with Crippen molar-refractivity contribution in [1.29, 1.82) is 0 Å². The van der Waals surface area contributed by atoms with Gasteiger partial charge in [-0.15, -0.1) is 0 Å². The Morgan fingerprint density at radius 2 is 1.69 bits per heavy atom. The van der Waals surface area contributed by atoms with Crippen molar-refractivity contribution in [1.82, 2.24) is 15.0 Å². The lowest BCUT2D eigenvalue weighted by Gasteiger charge is -2.19. The van der Waals surface area contributed by atoms with Gasteiger partial charge in [0.25, 0.3) is 0 Å². The van der Waals surface area contributed by atoms with E-state index in [9.17, 15) is 0 Å². The molecule has 4 aromatic rings. The second-order valence-corrected chi connectivity index (χ2v) is 8.38. The molecule has 0 amide bonds. The van der Waals surface area contributed by atoms with Gasteiger partial charge in [-0.3, -0.25) is 4.98 Å². The minimum Gasteiger partial charge on any atom is -0.364 e. The number of fused-ring (bicyclic) bond motifs is 1. The van der Waals surface area contributed by atoms with Crippen molar-refractivity contribution in [3.63, 3.8) is 0 Å². The second-order valence-electron chi connectivity index (χ2n) is 8.04. The molecule has 5 heteroatoms. The number of anilines is 1. The molecule has 0 aliphatic carbocycles. The van der Waals surface area contributed by atoms with Gasteiger partial charge in [-0.25, -0.2) is 9.97 Å². The average molecular weight is 403 g/mol. The number of aromatic nitrogens is 3. The molecule has 0 atom stereocenters. The largest absolute Gasteiger partial charge is 0.364 e. The third kappa shape index (κ3) is 4.22. The Morgan fingerprint density at radius 1 is 0.897 bits per heavy atom. The van der Waals surface area contributed by atoms with E-state index in [1.54, 1.807) is 6.20 Å². The smallest absolute Gasteiger partial charge is 0.224 e. The fourth-order valence-electron chi connectivity index (χ4n) is 3.35. The van der Waals surface area contributed by atoms with Crippen LogP contribution in [0.1, 0.15) is 32.0 Å². The van der Waals surface area contributed by atoms with Crippen LogP contribution in [0.4, 0.5) is 5.82 Å². The predicted molar refractivity (Wildman–Crippen MR) is 120 cm³/mol. The van der Waals surface area contributed by atoms with E-state index in [2.05, 4.69) is 71.4 Å². The summed E-state index contributed by atoms with van der Waals surface area (Å²) in [7, 11) is 0. The average Bonchev–Trinajstić information content (AvgIpc) is 2.71. The molecule has 0 saturated heterocycles. The lowest BCUT2D eigenvalue weighted by molar-refractivity contribution is 0.590. The number of halogens is 1. The van der Waals surface area contributed by atoms with Crippen LogP contribution in [0.5, 0.6) is 0 Å². The molecule has 0 unspecified atom stereocenters. The maximum absolute atomic E-state index is 6.20. The Morgan fingerprint density at radius 3 is 2.38 bits per heavy atom. The maximum atomic E-state index is 6.20. The van der Waals surface area contributed by atoms with Gasteiger partial charge in [0.15, 0.2) is 0 Å². The molecule has 2 aromatic carbocycles. The summed E-state index contributed by atoms with van der Waals surface area (Å²) in [6, 6.07) is 20.6. The first-order chi connectivity index (χ1) is 13.9. The Balaban J connectivity index is 1.78. The normalized spacial score (nSPS) is 11.6. The van der Waals surface area contributed by atoms with Gasteiger partial charge >= 0.3 is 0 Å². The SMILES string of the molecule is CC(C)(C)c1ccc(-c2cccc3nc(Cl)nc(NCc4ccccn4)c23)cc1. The summed E-state index contributed by atoms with van der Waals surface area (Å²) in [6.07, 6.45) is 1.78. The number of nitrogens with zero attached hydrogens (tertiary/aromatic N) is 3. The summed E-state index contributed by atoms with van der Waals surface area (Å²) in [5, 5.41) is 4.57. The van der Waals surface area contributed by atoms with Crippen molar-refractivity contribution in [3.05, 3.63) is 83.4 Å². The van der Waals surface area contributed by atoms with E-state index < -0.39 is 0 Å². The summed E-state index contributed by atoms with van der Waals surface area (Å²) < 4.78 is 0. The maximum Gasteiger partial charge on any atom is 0.224 e. The van der Waals surface area contributed by atoms with Gasteiger partial charge in [0.1, 0.15) is 5.82 Å². The van der Waals surface area contributed by atoms with Gasteiger partial charge < -0.3 is 5.32 Å². The summed E-state index contributed by atoms with van der Waals surface area (Å²) in [6.45, 7) is 7.21. The predicted octanol–water partition coefficient (Wildman–Crippen LogP) is 6.25. The fraction of sp³-hybridized carbons (Fsp3) is 0.208. The van der Waals surface area contributed by atoms with Crippen LogP contribution in [-0.2, 0) is 12.0 Å². The first-order valence-electron chi connectivity index (χ1n) is 9.63. The van der Waals surface area contributed by atoms with Crippen molar-refractivity contribution in [2.24, 2.45) is 0 Å². The molecule has 0 spiro atoms. The minimum absolute atomic E-state index is 0.114. The summed E-state index contributed by atoms with van der Waals surface area (Å²) in [5.74, 6) is 0.709. The highest BCUT2D eigenvalue weighted by Crippen LogP contribution is 2.34. The van der Waals surface area contributed by atoms with Gasteiger partial charge in [-0.1, -0.05) is 63.2 Å². The van der Waals surface area contributed by atoms with Crippen LogP contribution < -0.4 is 5.32 Å². The molecule has 4 rings (SSSR count). The first-order valence-corrected chi connectivity index (χ1v) is 10.0. The standard InChI is InChI=1S/C24H23ClN4/c1-24(2,3)17-12-10-16(11-13-17)19-8-6-9-20-21(19)22(29-23(25)28-20)27-15-18-7-4-5-14-26-18/h4-14H,15H2,1-3H3,(H,27,28,29). The summed E-state index contributed by atoms with van der Waals surface area (Å²) in [5.41, 5.74) is 5.35. The minimum atomic E-state index is 0.114. The third-order valence-corrected chi connectivity index (χ3v) is 5.09. The number of nitrogens with one attached hydrogen (secondary N) is 1. The molecule has 2 heterocycles. The lowest BCUT2D eigenvalue weighted by Crippen LogP contribution is -2.10. The monoisotopic (exact) mass is 402 g/mol. The van der Waals surface area contributed by atoms with Crippen LogP contribution in [0.25, 0.3) is 22.0 Å². The second kappa shape index (κ2) is 7.80.